The van der Waals surface area contributed by atoms with Gasteiger partial charge in [0.1, 0.15) is 0 Å². The van der Waals surface area contributed by atoms with E-state index in [2.05, 4.69) is 108 Å². The fourth-order valence-corrected chi connectivity index (χ4v) is 3.36. The molecule has 4 rings (SSSR count). The van der Waals surface area contributed by atoms with Gasteiger partial charge in [-0.3, -0.25) is 4.98 Å². The van der Waals surface area contributed by atoms with E-state index in [4.69, 9.17) is 0 Å². The van der Waals surface area contributed by atoms with Crippen LogP contribution in [0.15, 0.2) is 103 Å². The van der Waals surface area contributed by atoms with Crippen molar-refractivity contribution in [3.8, 4) is 11.1 Å². The smallest absolute Gasteiger partial charge is 0.0433 e. The second kappa shape index (κ2) is 8.53. The monoisotopic (exact) mass is 364 g/mol. The van der Waals surface area contributed by atoms with Crippen molar-refractivity contribution in [2.45, 2.75) is 20.0 Å². The van der Waals surface area contributed by atoms with Crippen molar-refractivity contribution in [1.82, 2.24) is 4.98 Å². The van der Waals surface area contributed by atoms with Gasteiger partial charge in [-0.05, 0) is 41.3 Å². The summed E-state index contributed by atoms with van der Waals surface area (Å²) in [4.78, 5) is 6.56. The van der Waals surface area contributed by atoms with Crippen LogP contribution >= 0.6 is 0 Å². The quantitative estimate of drug-likeness (QED) is 0.401. The molecule has 3 aromatic carbocycles. The molecule has 28 heavy (non-hydrogen) atoms. The van der Waals surface area contributed by atoms with Crippen molar-refractivity contribution in [2.24, 2.45) is 0 Å². The molecule has 1 aromatic heterocycles. The maximum atomic E-state index is 4.17. The Labute approximate surface area is 167 Å². The van der Waals surface area contributed by atoms with Crippen LogP contribution in [-0.2, 0) is 13.1 Å². The third-order valence-electron chi connectivity index (χ3n) is 4.96. The second-order valence-corrected chi connectivity index (χ2v) is 7.11. The van der Waals surface area contributed by atoms with Crippen LogP contribution in [0.3, 0.4) is 0 Å². The Bertz CT molecular complexity index is 992. The third-order valence-corrected chi connectivity index (χ3v) is 4.96. The molecule has 0 aliphatic heterocycles. The molecule has 0 saturated carbocycles. The van der Waals surface area contributed by atoms with Gasteiger partial charge < -0.3 is 4.90 Å². The van der Waals surface area contributed by atoms with Crippen molar-refractivity contribution >= 4 is 5.69 Å². The van der Waals surface area contributed by atoms with E-state index >= 15 is 0 Å². The van der Waals surface area contributed by atoms with Crippen molar-refractivity contribution in [2.75, 3.05) is 4.90 Å². The van der Waals surface area contributed by atoms with Gasteiger partial charge in [-0.15, -0.1) is 0 Å². The highest BCUT2D eigenvalue weighted by atomic mass is 15.1. The van der Waals surface area contributed by atoms with Gasteiger partial charge in [-0.25, -0.2) is 0 Å². The van der Waals surface area contributed by atoms with Gasteiger partial charge in [-0.1, -0.05) is 84.4 Å². The standard InChI is InChI=1S/C26H24N2/c1-21-7-9-22(10-8-21)19-28(26-15-17-27-18-16-26)20-23-11-13-25(14-12-23)24-5-3-2-4-6-24/h2-18H,19-20H2,1H3. The lowest BCUT2D eigenvalue weighted by atomic mass is 10.0. The summed E-state index contributed by atoms with van der Waals surface area (Å²) in [5, 5.41) is 0. The number of aromatic nitrogens is 1. The van der Waals surface area contributed by atoms with Crippen molar-refractivity contribution in [3.63, 3.8) is 0 Å². The van der Waals surface area contributed by atoms with Crippen LogP contribution in [0.1, 0.15) is 16.7 Å². The highest BCUT2D eigenvalue weighted by molar-refractivity contribution is 5.63. The van der Waals surface area contributed by atoms with Crippen molar-refractivity contribution in [1.29, 1.82) is 0 Å². The molecule has 1 heterocycles. The summed E-state index contributed by atoms with van der Waals surface area (Å²) < 4.78 is 0. The molecule has 0 unspecified atom stereocenters. The molecule has 0 atom stereocenters. The number of nitrogens with zero attached hydrogens (tertiary/aromatic N) is 2. The number of rotatable bonds is 6. The number of benzene rings is 3. The Hall–Kier alpha value is -3.39. The van der Waals surface area contributed by atoms with E-state index in [-0.39, 0.29) is 0 Å². The van der Waals surface area contributed by atoms with E-state index in [1.807, 2.05) is 12.4 Å². The van der Waals surface area contributed by atoms with Crippen LogP contribution in [0.4, 0.5) is 5.69 Å². The molecule has 0 amide bonds. The lowest BCUT2D eigenvalue weighted by Gasteiger charge is -2.25. The first kappa shape index (κ1) is 18.0. The van der Waals surface area contributed by atoms with Gasteiger partial charge in [0.25, 0.3) is 0 Å². The molecule has 0 bridgehead atoms. The van der Waals surface area contributed by atoms with E-state index < -0.39 is 0 Å². The summed E-state index contributed by atoms with van der Waals surface area (Å²) in [5.41, 5.74) is 7.57. The average Bonchev–Trinajstić information content (AvgIpc) is 2.76. The lowest BCUT2D eigenvalue weighted by Crippen LogP contribution is -2.22. The first-order valence-electron chi connectivity index (χ1n) is 9.63. The molecule has 0 fully saturated rings. The minimum absolute atomic E-state index is 0.854. The van der Waals surface area contributed by atoms with E-state index in [1.165, 1.54) is 33.5 Å². The Morgan fingerprint density at radius 3 is 1.75 bits per heavy atom. The van der Waals surface area contributed by atoms with E-state index in [1.54, 1.807) is 0 Å². The van der Waals surface area contributed by atoms with Crippen LogP contribution in [0.2, 0.25) is 0 Å². The average molecular weight is 364 g/mol. The van der Waals surface area contributed by atoms with Gasteiger partial charge >= 0.3 is 0 Å². The highest BCUT2D eigenvalue weighted by Crippen LogP contribution is 2.23. The minimum atomic E-state index is 0.854. The maximum Gasteiger partial charge on any atom is 0.0433 e. The number of hydrogen-bond acceptors (Lipinski definition) is 2. The topological polar surface area (TPSA) is 16.1 Å². The molecule has 0 spiro atoms. The molecule has 0 aliphatic rings. The van der Waals surface area contributed by atoms with Gasteiger partial charge in [0.05, 0.1) is 0 Å². The van der Waals surface area contributed by atoms with Crippen molar-refractivity contribution in [3.05, 3.63) is 120 Å². The minimum Gasteiger partial charge on any atom is -0.363 e. The van der Waals surface area contributed by atoms with Crippen LogP contribution in [0.5, 0.6) is 0 Å². The van der Waals surface area contributed by atoms with Gasteiger partial charge in [-0.2, -0.15) is 0 Å². The summed E-state index contributed by atoms with van der Waals surface area (Å²) >= 11 is 0. The Balaban J connectivity index is 1.56. The molecule has 2 heteroatoms. The fourth-order valence-electron chi connectivity index (χ4n) is 3.36. The number of hydrogen-bond donors (Lipinski definition) is 0. The van der Waals surface area contributed by atoms with Crippen LogP contribution in [0.25, 0.3) is 11.1 Å². The largest absolute Gasteiger partial charge is 0.363 e. The van der Waals surface area contributed by atoms with E-state index in [0.29, 0.717) is 0 Å². The lowest BCUT2D eigenvalue weighted by molar-refractivity contribution is 0.798. The van der Waals surface area contributed by atoms with E-state index in [0.717, 1.165) is 13.1 Å². The van der Waals surface area contributed by atoms with Gasteiger partial charge in [0.2, 0.25) is 0 Å². The number of aryl methyl sites for hydroxylation is 1. The highest BCUT2D eigenvalue weighted by Gasteiger charge is 2.09. The molecular formula is C26H24N2. The van der Waals surface area contributed by atoms with Crippen molar-refractivity contribution < 1.29 is 0 Å². The van der Waals surface area contributed by atoms with Gasteiger partial charge in [0.15, 0.2) is 0 Å². The zero-order valence-corrected chi connectivity index (χ0v) is 16.1. The Morgan fingerprint density at radius 1 is 0.607 bits per heavy atom. The van der Waals surface area contributed by atoms with Crippen LogP contribution in [-0.4, -0.2) is 4.98 Å². The molecule has 4 aromatic rings. The molecular weight excluding hydrogens is 340 g/mol. The normalized spacial score (nSPS) is 10.6. The molecule has 0 saturated heterocycles. The number of anilines is 1. The van der Waals surface area contributed by atoms with Crippen LogP contribution in [0, 0.1) is 6.92 Å². The first-order chi connectivity index (χ1) is 13.8. The second-order valence-electron chi connectivity index (χ2n) is 7.11. The number of pyridine rings is 1. The predicted molar refractivity (Wildman–Crippen MR) is 117 cm³/mol. The predicted octanol–water partition coefficient (Wildman–Crippen LogP) is 6.26. The summed E-state index contributed by atoms with van der Waals surface area (Å²) in [7, 11) is 0. The van der Waals surface area contributed by atoms with E-state index in [9.17, 15) is 0 Å². The maximum absolute atomic E-state index is 4.17. The molecule has 0 radical (unpaired) electrons. The molecule has 138 valence electrons. The van der Waals surface area contributed by atoms with Crippen LogP contribution < -0.4 is 4.90 Å². The first-order valence-corrected chi connectivity index (χ1v) is 9.63. The Kier molecular flexibility index (Phi) is 5.48. The summed E-state index contributed by atoms with van der Waals surface area (Å²) in [6.07, 6.45) is 3.71. The zero-order chi connectivity index (χ0) is 19.2. The SMILES string of the molecule is Cc1ccc(CN(Cc2ccc(-c3ccccc3)cc2)c2ccncc2)cc1. The third kappa shape index (κ3) is 4.47. The molecule has 2 nitrogen and oxygen atoms in total. The zero-order valence-electron chi connectivity index (χ0n) is 16.1. The summed E-state index contributed by atoms with van der Waals surface area (Å²) in [5.74, 6) is 0. The Morgan fingerprint density at radius 2 is 1.14 bits per heavy atom. The summed E-state index contributed by atoms with van der Waals surface area (Å²) in [6.45, 7) is 3.84. The fraction of sp³-hybridized carbons (Fsp3) is 0.115. The molecule has 0 aliphatic carbocycles. The summed E-state index contributed by atoms with van der Waals surface area (Å²) in [6, 6.07) is 32.3. The molecule has 0 N–H and O–H groups in total. The van der Waals surface area contributed by atoms with Gasteiger partial charge in [0, 0.05) is 31.2 Å².